The van der Waals surface area contributed by atoms with Crippen LogP contribution in [0.3, 0.4) is 0 Å². The Morgan fingerprint density at radius 3 is 2.94 bits per heavy atom. The monoisotopic (exact) mass is 223 g/mol. The number of nitriles is 1. The van der Waals surface area contributed by atoms with Crippen LogP contribution in [0.2, 0.25) is 0 Å². The fourth-order valence-corrected chi connectivity index (χ4v) is 1.01. The third-order valence-electron chi connectivity index (χ3n) is 1.81. The summed E-state index contributed by atoms with van der Waals surface area (Å²) in [7, 11) is 0. The number of rotatable bonds is 4. The smallest absolute Gasteiger partial charge is 0.237 e. The minimum atomic E-state index is -0.632. The number of halogens is 1. The van der Waals surface area contributed by atoms with Crippen LogP contribution in [0.1, 0.15) is 12.0 Å². The zero-order valence-corrected chi connectivity index (χ0v) is 8.37. The molecule has 84 valence electrons. The average Bonchev–Trinajstić information content (AvgIpc) is 2.30. The molecule has 1 rings (SSSR count). The van der Waals surface area contributed by atoms with Crippen LogP contribution >= 0.6 is 0 Å². The van der Waals surface area contributed by atoms with Gasteiger partial charge in [0.1, 0.15) is 0 Å². The van der Waals surface area contributed by atoms with Crippen molar-refractivity contribution in [1.82, 2.24) is 5.43 Å². The maximum atomic E-state index is 13.2. The van der Waals surface area contributed by atoms with Crippen molar-refractivity contribution in [3.8, 4) is 11.8 Å². The number of carbonyl (C=O) groups is 1. The number of ether oxygens (including phenoxy) is 1. The van der Waals surface area contributed by atoms with Gasteiger partial charge in [0.05, 0.1) is 24.7 Å². The lowest BCUT2D eigenvalue weighted by molar-refractivity contribution is -0.121. The highest BCUT2D eigenvalue weighted by atomic mass is 19.1. The Balaban J connectivity index is 2.55. The third kappa shape index (κ3) is 3.22. The molecular weight excluding hydrogens is 213 g/mol. The topological polar surface area (TPSA) is 88.1 Å². The van der Waals surface area contributed by atoms with Crippen LogP contribution in [-0.2, 0) is 4.79 Å². The number of hydrogen-bond acceptors (Lipinski definition) is 4. The summed E-state index contributed by atoms with van der Waals surface area (Å²) >= 11 is 0. The molecule has 0 unspecified atom stereocenters. The third-order valence-corrected chi connectivity index (χ3v) is 1.81. The molecule has 0 aliphatic carbocycles. The zero-order valence-electron chi connectivity index (χ0n) is 8.37. The summed E-state index contributed by atoms with van der Waals surface area (Å²) in [6, 6.07) is 5.64. The number of carbonyl (C=O) groups excluding carboxylic acids is 1. The van der Waals surface area contributed by atoms with Crippen molar-refractivity contribution in [1.29, 1.82) is 5.26 Å². The molecule has 1 aromatic carbocycles. The molecule has 0 aromatic heterocycles. The fourth-order valence-electron chi connectivity index (χ4n) is 1.01. The molecular formula is C10H10FN3O2. The van der Waals surface area contributed by atoms with Crippen LogP contribution in [0.15, 0.2) is 18.2 Å². The van der Waals surface area contributed by atoms with Crippen LogP contribution in [-0.4, -0.2) is 12.5 Å². The summed E-state index contributed by atoms with van der Waals surface area (Å²) in [5.74, 6) is 3.83. The molecule has 1 aromatic rings. The van der Waals surface area contributed by atoms with Crippen LogP contribution in [0.4, 0.5) is 4.39 Å². The van der Waals surface area contributed by atoms with Gasteiger partial charge in [-0.3, -0.25) is 10.2 Å². The Labute approximate surface area is 91.6 Å². The molecule has 6 heteroatoms. The second-order valence-corrected chi connectivity index (χ2v) is 2.92. The number of hydrogen-bond donors (Lipinski definition) is 2. The summed E-state index contributed by atoms with van der Waals surface area (Å²) in [4.78, 5) is 10.7. The Kier molecular flexibility index (Phi) is 4.24. The zero-order chi connectivity index (χ0) is 12.0. The SMILES string of the molecule is N#Cc1ccc(OCCC(=O)NN)c(F)c1. The highest BCUT2D eigenvalue weighted by Crippen LogP contribution is 2.17. The summed E-state index contributed by atoms with van der Waals surface area (Å²) in [6.07, 6.45) is 0.0376. The molecule has 0 aliphatic rings. The molecule has 0 saturated carbocycles. The Morgan fingerprint density at radius 1 is 1.62 bits per heavy atom. The largest absolute Gasteiger partial charge is 0.490 e. The lowest BCUT2D eigenvalue weighted by atomic mass is 10.2. The molecule has 0 aliphatic heterocycles. The van der Waals surface area contributed by atoms with Gasteiger partial charge in [0.2, 0.25) is 5.91 Å². The van der Waals surface area contributed by atoms with E-state index in [2.05, 4.69) is 0 Å². The van der Waals surface area contributed by atoms with Crippen LogP contribution in [0, 0.1) is 17.1 Å². The lowest BCUT2D eigenvalue weighted by Crippen LogP contribution is -2.31. The Morgan fingerprint density at radius 2 is 2.38 bits per heavy atom. The van der Waals surface area contributed by atoms with Gasteiger partial charge in [-0.15, -0.1) is 0 Å². The second kappa shape index (κ2) is 5.68. The van der Waals surface area contributed by atoms with Crippen molar-refractivity contribution in [2.45, 2.75) is 6.42 Å². The highest BCUT2D eigenvalue weighted by Gasteiger charge is 2.05. The van der Waals surface area contributed by atoms with Gasteiger partial charge < -0.3 is 4.74 Å². The first kappa shape index (κ1) is 11.9. The van der Waals surface area contributed by atoms with Gasteiger partial charge in [-0.2, -0.15) is 5.26 Å². The van der Waals surface area contributed by atoms with Crippen molar-refractivity contribution in [2.24, 2.45) is 5.84 Å². The van der Waals surface area contributed by atoms with Gasteiger partial charge in [0.25, 0.3) is 0 Å². The van der Waals surface area contributed by atoms with Gasteiger partial charge in [-0.1, -0.05) is 0 Å². The molecule has 0 saturated heterocycles. The molecule has 0 radical (unpaired) electrons. The van der Waals surface area contributed by atoms with Crippen molar-refractivity contribution in [2.75, 3.05) is 6.61 Å². The van der Waals surface area contributed by atoms with E-state index in [0.29, 0.717) is 0 Å². The normalized spacial score (nSPS) is 9.31. The molecule has 0 atom stereocenters. The van der Waals surface area contributed by atoms with Gasteiger partial charge in [-0.25, -0.2) is 10.2 Å². The van der Waals surface area contributed by atoms with Crippen molar-refractivity contribution in [3.05, 3.63) is 29.6 Å². The number of amides is 1. The Hall–Kier alpha value is -2.13. The van der Waals surface area contributed by atoms with Crippen LogP contribution in [0.5, 0.6) is 5.75 Å². The summed E-state index contributed by atoms with van der Waals surface area (Å²) < 4.78 is 18.3. The number of nitrogens with two attached hydrogens (primary N) is 1. The van der Waals surface area contributed by atoms with E-state index < -0.39 is 11.7 Å². The van der Waals surface area contributed by atoms with E-state index in [1.807, 2.05) is 5.43 Å². The van der Waals surface area contributed by atoms with Gasteiger partial charge >= 0.3 is 0 Å². The van der Waals surface area contributed by atoms with E-state index in [-0.39, 0.29) is 24.3 Å². The maximum Gasteiger partial charge on any atom is 0.237 e. The van der Waals surface area contributed by atoms with E-state index in [4.69, 9.17) is 15.8 Å². The standard InChI is InChI=1S/C10H10FN3O2/c11-8-5-7(6-12)1-2-9(8)16-4-3-10(15)14-13/h1-2,5H,3-4,13H2,(H,14,15). The molecule has 5 nitrogen and oxygen atoms in total. The van der Waals surface area contributed by atoms with E-state index in [9.17, 15) is 9.18 Å². The summed E-state index contributed by atoms with van der Waals surface area (Å²) in [5, 5.41) is 8.51. The quantitative estimate of drug-likeness (QED) is 0.441. The van der Waals surface area contributed by atoms with E-state index >= 15 is 0 Å². The minimum absolute atomic E-state index is 0.00354. The lowest BCUT2D eigenvalue weighted by Gasteiger charge is -2.06. The molecule has 3 N–H and O–H groups in total. The number of nitrogens with zero attached hydrogens (tertiary/aromatic N) is 1. The number of nitrogens with one attached hydrogen (secondary N) is 1. The van der Waals surface area contributed by atoms with E-state index in [0.717, 1.165) is 6.07 Å². The van der Waals surface area contributed by atoms with Gasteiger partial charge in [0, 0.05) is 0 Å². The maximum absolute atomic E-state index is 13.2. The molecule has 0 spiro atoms. The second-order valence-electron chi connectivity index (χ2n) is 2.92. The summed E-state index contributed by atoms with van der Waals surface area (Å²) in [6.45, 7) is 0.0197. The van der Waals surface area contributed by atoms with Crippen LogP contribution in [0.25, 0.3) is 0 Å². The van der Waals surface area contributed by atoms with Crippen LogP contribution < -0.4 is 16.0 Å². The number of benzene rings is 1. The van der Waals surface area contributed by atoms with Crippen molar-refractivity contribution < 1.29 is 13.9 Å². The highest BCUT2D eigenvalue weighted by molar-refractivity contribution is 5.75. The first-order chi connectivity index (χ1) is 7.67. The predicted molar refractivity (Wildman–Crippen MR) is 53.6 cm³/mol. The summed E-state index contributed by atoms with van der Waals surface area (Å²) in [5.41, 5.74) is 2.14. The molecule has 0 fully saturated rings. The molecule has 16 heavy (non-hydrogen) atoms. The Bertz CT molecular complexity index is 429. The minimum Gasteiger partial charge on any atom is -0.490 e. The first-order valence-electron chi connectivity index (χ1n) is 4.49. The number of hydrazine groups is 1. The van der Waals surface area contributed by atoms with Gasteiger partial charge in [-0.05, 0) is 18.2 Å². The van der Waals surface area contributed by atoms with Crippen molar-refractivity contribution >= 4 is 5.91 Å². The predicted octanol–water partition coefficient (Wildman–Crippen LogP) is 0.456. The van der Waals surface area contributed by atoms with Crippen molar-refractivity contribution in [3.63, 3.8) is 0 Å². The van der Waals surface area contributed by atoms with E-state index in [1.54, 1.807) is 6.07 Å². The first-order valence-corrected chi connectivity index (χ1v) is 4.49. The van der Waals surface area contributed by atoms with Gasteiger partial charge in [0.15, 0.2) is 11.6 Å². The molecule has 0 heterocycles. The van der Waals surface area contributed by atoms with E-state index in [1.165, 1.54) is 12.1 Å². The average molecular weight is 223 g/mol. The molecule has 0 bridgehead atoms. The fraction of sp³-hybridized carbons (Fsp3) is 0.200. The molecule has 1 amide bonds.